The molecule has 0 unspecified atom stereocenters. The first-order valence-corrected chi connectivity index (χ1v) is 8.55. The Morgan fingerprint density at radius 1 is 0.905 bits per heavy atom. The Hall–Kier alpha value is -1.86. The van der Waals surface area contributed by atoms with Crippen molar-refractivity contribution in [2.24, 2.45) is 0 Å². The van der Waals surface area contributed by atoms with Crippen LogP contribution in [0.2, 0.25) is 0 Å². The highest BCUT2D eigenvalue weighted by molar-refractivity contribution is 7.74. The first-order chi connectivity index (χ1) is 9.95. The summed E-state index contributed by atoms with van der Waals surface area (Å²) in [5.74, 6) is -0.459. The van der Waals surface area contributed by atoms with Gasteiger partial charge in [0.25, 0.3) is 0 Å². The summed E-state index contributed by atoms with van der Waals surface area (Å²) in [5, 5.41) is 1.08. The first-order valence-electron chi connectivity index (χ1n) is 6.92. The van der Waals surface area contributed by atoms with E-state index in [2.05, 4.69) is 0 Å². The van der Waals surface area contributed by atoms with E-state index in [-0.39, 0.29) is 6.42 Å². The van der Waals surface area contributed by atoms with Gasteiger partial charge in [-0.25, -0.2) is 0 Å². The molecule has 21 heavy (non-hydrogen) atoms. The molecule has 3 nitrogen and oxygen atoms in total. The molecular weight excluding hydrogens is 283 g/mol. The summed E-state index contributed by atoms with van der Waals surface area (Å²) in [4.78, 5) is 11.7. The van der Waals surface area contributed by atoms with Crippen molar-refractivity contribution in [3.05, 3.63) is 59.7 Å². The van der Waals surface area contributed by atoms with Crippen molar-refractivity contribution >= 4 is 23.9 Å². The van der Waals surface area contributed by atoms with Crippen LogP contribution in [-0.4, -0.2) is 5.97 Å². The number of carbonyl (C=O) groups excluding carboxylic acids is 1. The number of hydrogen-bond donors (Lipinski definition) is 0. The Labute approximate surface area is 125 Å². The monoisotopic (exact) mass is 302 g/mol. The summed E-state index contributed by atoms with van der Waals surface area (Å²) in [6, 6.07) is 14.5. The lowest BCUT2D eigenvalue weighted by atomic mass is 10.2. The zero-order chi connectivity index (χ0) is 15.5. The van der Waals surface area contributed by atoms with Gasteiger partial charge >= 0.3 is 13.3 Å². The van der Waals surface area contributed by atoms with Crippen molar-refractivity contribution in [2.75, 3.05) is 0 Å². The van der Waals surface area contributed by atoms with Crippen LogP contribution in [0, 0.1) is 13.8 Å². The summed E-state index contributed by atoms with van der Waals surface area (Å²) in [5.41, 5.74) is 2.13. The van der Waals surface area contributed by atoms with Crippen LogP contribution in [0.1, 0.15) is 24.5 Å². The topological polar surface area (TPSA) is 43.4 Å². The molecule has 0 aliphatic heterocycles. The van der Waals surface area contributed by atoms with Gasteiger partial charge in [0.2, 0.25) is 0 Å². The molecule has 0 aliphatic carbocycles. The fourth-order valence-corrected chi connectivity index (χ4v) is 3.95. The van der Waals surface area contributed by atoms with Crippen molar-refractivity contribution in [3.63, 3.8) is 0 Å². The molecule has 0 aliphatic rings. The molecule has 110 valence electrons. The molecule has 0 N–H and O–H groups in total. The van der Waals surface area contributed by atoms with Gasteiger partial charge in [-0.3, -0.25) is 9.36 Å². The minimum absolute atomic E-state index is 0.196. The molecule has 2 aromatic carbocycles. The van der Waals surface area contributed by atoms with Crippen LogP contribution in [0.5, 0.6) is 0 Å². The minimum Gasteiger partial charge on any atom is -0.405 e. The second kappa shape index (κ2) is 6.28. The molecule has 0 amide bonds. The van der Waals surface area contributed by atoms with Crippen LogP contribution in [0.25, 0.3) is 0 Å². The van der Waals surface area contributed by atoms with E-state index in [0.29, 0.717) is 10.6 Å². The van der Waals surface area contributed by atoms with Gasteiger partial charge < -0.3 is 4.52 Å². The van der Waals surface area contributed by atoms with Crippen LogP contribution in [-0.2, 0) is 13.9 Å². The van der Waals surface area contributed by atoms with Gasteiger partial charge in [0.05, 0.1) is 10.6 Å². The lowest BCUT2D eigenvalue weighted by Gasteiger charge is -2.19. The van der Waals surface area contributed by atoms with Gasteiger partial charge in [0, 0.05) is 6.42 Å². The van der Waals surface area contributed by atoms with Crippen molar-refractivity contribution in [2.45, 2.75) is 27.2 Å². The van der Waals surface area contributed by atoms with E-state index in [1.54, 1.807) is 31.2 Å². The second-order valence-electron chi connectivity index (χ2n) is 5.04. The predicted molar refractivity (Wildman–Crippen MR) is 85.6 cm³/mol. The maximum Gasteiger partial charge on any atom is 0.310 e. The summed E-state index contributed by atoms with van der Waals surface area (Å²) < 4.78 is 18.7. The molecule has 0 radical (unpaired) electrons. The molecule has 0 fully saturated rings. The van der Waals surface area contributed by atoms with Gasteiger partial charge in [-0.1, -0.05) is 42.3 Å². The fraction of sp³-hybridized carbons (Fsp3) is 0.235. The molecule has 0 atom stereocenters. The van der Waals surface area contributed by atoms with Crippen LogP contribution < -0.4 is 10.6 Å². The summed E-state index contributed by atoms with van der Waals surface area (Å²) in [6.07, 6.45) is 0.196. The molecule has 0 bridgehead atoms. The first kappa shape index (κ1) is 15.5. The third-order valence-corrected chi connectivity index (χ3v) is 5.68. The van der Waals surface area contributed by atoms with E-state index in [4.69, 9.17) is 4.52 Å². The SMILES string of the molecule is CCC(=O)OP(=O)(c1ccc(C)cc1)c1ccc(C)cc1. The van der Waals surface area contributed by atoms with Gasteiger partial charge in [-0.15, -0.1) is 0 Å². The zero-order valence-corrected chi connectivity index (χ0v) is 13.4. The Morgan fingerprint density at radius 2 is 1.29 bits per heavy atom. The van der Waals surface area contributed by atoms with Crippen LogP contribution >= 0.6 is 7.37 Å². The lowest BCUT2D eigenvalue weighted by Crippen LogP contribution is -2.20. The highest BCUT2D eigenvalue weighted by Crippen LogP contribution is 2.45. The lowest BCUT2D eigenvalue weighted by molar-refractivity contribution is -0.133. The van der Waals surface area contributed by atoms with Gasteiger partial charge in [-0.2, -0.15) is 0 Å². The summed E-state index contributed by atoms with van der Waals surface area (Å²) in [6.45, 7) is 5.61. The molecule has 0 spiro atoms. The molecule has 4 heteroatoms. The minimum atomic E-state index is -3.39. The van der Waals surface area contributed by atoms with E-state index >= 15 is 0 Å². The summed E-state index contributed by atoms with van der Waals surface area (Å²) in [7, 11) is -3.39. The van der Waals surface area contributed by atoms with Crippen LogP contribution in [0.15, 0.2) is 48.5 Å². The standard InChI is InChI=1S/C17H19O3P/c1-4-17(18)20-21(19,15-9-5-13(2)6-10-15)16-11-7-14(3)8-12-16/h5-12H,4H2,1-3H3. The van der Waals surface area contributed by atoms with Crippen molar-refractivity contribution in [3.8, 4) is 0 Å². The summed E-state index contributed by atoms with van der Waals surface area (Å²) >= 11 is 0. The maximum atomic E-state index is 13.4. The quantitative estimate of drug-likeness (QED) is 0.812. The molecule has 2 rings (SSSR count). The second-order valence-corrected chi connectivity index (χ2v) is 7.36. The molecule has 0 saturated carbocycles. The Bertz CT molecular complexity index is 623. The highest BCUT2D eigenvalue weighted by atomic mass is 31.2. The average molecular weight is 302 g/mol. The Kier molecular flexibility index (Phi) is 4.64. The van der Waals surface area contributed by atoms with Crippen LogP contribution in [0.4, 0.5) is 0 Å². The average Bonchev–Trinajstić information content (AvgIpc) is 2.48. The fourth-order valence-electron chi connectivity index (χ4n) is 1.94. The Morgan fingerprint density at radius 3 is 1.62 bits per heavy atom. The van der Waals surface area contributed by atoms with Gasteiger partial charge in [-0.05, 0) is 38.1 Å². The van der Waals surface area contributed by atoms with Crippen molar-refractivity contribution in [1.82, 2.24) is 0 Å². The Balaban J connectivity index is 2.53. The molecular formula is C17H19O3P. The van der Waals surface area contributed by atoms with E-state index in [1.807, 2.05) is 38.1 Å². The largest absolute Gasteiger partial charge is 0.405 e. The molecule has 0 saturated heterocycles. The number of aryl methyl sites for hydroxylation is 2. The molecule has 0 aromatic heterocycles. The molecule has 2 aromatic rings. The maximum absolute atomic E-state index is 13.4. The zero-order valence-electron chi connectivity index (χ0n) is 12.5. The van der Waals surface area contributed by atoms with Crippen molar-refractivity contribution in [1.29, 1.82) is 0 Å². The third-order valence-electron chi connectivity index (χ3n) is 3.27. The van der Waals surface area contributed by atoms with E-state index in [1.165, 1.54) is 0 Å². The predicted octanol–water partition coefficient (Wildman–Crippen LogP) is 3.49. The number of hydrogen-bond acceptors (Lipinski definition) is 3. The number of rotatable bonds is 4. The smallest absolute Gasteiger partial charge is 0.310 e. The number of benzene rings is 2. The molecule has 0 heterocycles. The van der Waals surface area contributed by atoms with Gasteiger partial charge in [0.15, 0.2) is 0 Å². The van der Waals surface area contributed by atoms with Gasteiger partial charge in [0.1, 0.15) is 0 Å². The van der Waals surface area contributed by atoms with E-state index < -0.39 is 13.3 Å². The van der Waals surface area contributed by atoms with E-state index in [9.17, 15) is 9.36 Å². The highest BCUT2D eigenvalue weighted by Gasteiger charge is 2.31. The number of carbonyl (C=O) groups is 1. The third kappa shape index (κ3) is 3.43. The van der Waals surface area contributed by atoms with E-state index in [0.717, 1.165) is 11.1 Å². The normalized spacial score (nSPS) is 11.2. The van der Waals surface area contributed by atoms with Crippen LogP contribution in [0.3, 0.4) is 0 Å². The van der Waals surface area contributed by atoms with Crippen molar-refractivity contribution < 1.29 is 13.9 Å².